The first kappa shape index (κ1) is 15.7. The van der Waals surface area contributed by atoms with Crippen LogP contribution >= 0.6 is 0 Å². The van der Waals surface area contributed by atoms with Crippen molar-refractivity contribution in [1.82, 2.24) is 15.5 Å². The second kappa shape index (κ2) is 6.38. The molecule has 1 unspecified atom stereocenters. The molecule has 1 amide bonds. The number of carboxylic acid groups (broad SMARTS) is 1. The highest BCUT2D eigenvalue weighted by Crippen LogP contribution is 2.24. The van der Waals surface area contributed by atoms with Gasteiger partial charge in [-0.2, -0.15) is 0 Å². The molecular weight excluding hydrogens is 286 g/mol. The summed E-state index contributed by atoms with van der Waals surface area (Å²) < 4.78 is 5.13. The van der Waals surface area contributed by atoms with Crippen molar-refractivity contribution in [3.05, 3.63) is 46.6 Å². The van der Waals surface area contributed by atoms with E-state index in [-0.39, 0.29) is 23.2 Å². The van der Waals surface area contributed by atoms with Gasteiger partial charge in [0.25, 0.3) is 5.91 Å². The highest BCUT2D eigenvalue weighted by atomic mass is 16.5. The number of carbonyl (C=O) groups is 2. The third-order valence-electron chi connectivity index (χ3n) is 3.39. The Bertz CT molecular complexity index is 689. The molecule has 0 aromatic carbocycles. The number of hydrogen-bond donors (Lipinski definition) is 2. The van der Waals surface area contributed by atoms with Crippen LogP contribution in [0.15, 0.2) is 22.9 Å². The van der Waals surface area contributed by atoms with Gasteiger partial charge in [0.1, 0.15) is 11.5 Å². The second-order valence-corrected chi connectivity index (χ2v) is 4.91. The zero-order chi connectivity index (χ0) is 16.3. The number of aromatic carboxylic acids is 1. The van der Waals surface area contributed by atoms with Gasteiger partial charge in [-0.25, -0.2) is 9.78 Å². The fourth-order valence-electron chi connectivity index (χ4n) is 2.30. The molecule has 0 spiro atoms. The van der Waals surface area contributed by atoms with E-state index < -0.39 is 5.97 Å². The van der Waals surface area contributed by atoms with Crippen molar-refractivity contribution in [1.29, 1.82) is 0 Å². The van der Waals surface area contributed by atoms with E-state index in [2.05, 4.69) is 15.5 Å². The lowest BCUT2D eigenvalue weighted by Gasteiger charge is -2.17. The standard InChI is InChI=1S/C15H17N3O4/c1-4-11(13-8(2)18-22-9(13)3)17-14(19)10-5-6-16-12(7-10)15(20)21/h5-7,11H,4H2,1-3H3,(H,17,19)(H,20,21). The van der Waals surface area contributed by atoms with Crippen LogP contribution in [0.1, 0.15) is 57.3 Å². The number of aryl methyl sites for hydroxylation is 2. The summed E-state index contributed by atoms with van der Waals surface area (Å²) in [6.07, 6.45) is 1.96. The van der Waals surface area contributed by atoms with Gasteiger partial charge >= 0.3 is 5.97 Å². The molecule has 0 aliphatic carbocycles. The number of nitrogens with zero attached hydrogens (tertiary/aromatic N) is 2. The highest BCUT2D eigenvalue weighted by Gasteiger charge is 2.21. The average molecular weight is 303 g/mol. The molecule has 22 heavy (non-hydrogen) atoms. The smallest absolute Gasteiger partial charge is 0.354 e. The van der Waals surface area contributed by atoms with Crippen LogP contribution in [0.2, 0.25) is 0 Å². The van der Waals surface area contributed by atoms with Crippen molar-refractivity contribution in [3.63, 3.8) is 0 Å². The number of aromatic nitrogens is 2. The first-order valence-corrected chi connectivity index (χ1v) is 6.87. The van der Waals surface area contributed by atoms with E-state index in [1.54, 1.807) is 6.92 Å². The lowest BCUT2D eigenvalue weighted by molar-refractivity contribution is 0.0690. The van der Waals surface area contributed by atoms with Crippen LogP contribution in [0.25, 0.3) is 0 Å². The minimum absolute atomic E-state index is 0.168. The van der Waals surface area contributed by atoms with Crippen LogP contribution in [-0.4, -0.2) is 27.1 Å². The lowest BCUT2D eigenvalue weighted by atomic mass is 10.0. The molecule has 0 saturated heterocycles. The SMILES string of the molecule is CCC(NC(=O)c1ccnc(C(=O)O)c1)c1c(C)noc1C. The number of pyridine rings is 1. The Hall–Kier alpha value is -2.70. The number of amides is 1. The summed E-state index contributed by atoms with van der Waals surface area (Å²) in [5.41, 5.74) is 1.66. The second-order valence-electron chi connectivity index (χ2n) is 4.91. The number of carbonyl (C=O) groups excluding carboxylic acids is 1. The molecule has 0 aliphatic heterocycles. The quantitative estimate of drug-likeness (QED) is 0.877. The predicted molar refractivity (Wildman–Crippen MR) is 77.7 cm³/mol. The summed E-state index contributed by atoms with van der Waals surface area (Å²) in [5, 5.41) is 15.7. The zero-order valence-corrected chi connectivity index (χ0v) is 12.6. The van der Waals surface area contributed by atoms with E-state index in [1.165, 1.54) is 18.3 Å². The molecule has 7 nitrogen and oxygen atoms in total. The largest absolute Gasteiger partial charge is 0.477 e. The average Bonchev–Trinajstić information content (AvgIpc) is 2.84. The molecule has 2 rings (SSSR count). The van der Waals surface area contributed by atoms with E-state index in [0.29, 0.717) is 12.2 Å². The van der Waals surface area contributed by atoms with Crippen LogP contribution in [0, 0.1) is 13.8 Å². The van der Waals surface area contributed by atoms with Gasteiger partial charge in [-0.15, -0.1) is 0 Å². The Kier molecular flexibility index (Phi) is 4.55. The fourth-order valence-corrected chi connectivity index (χ4v) is 2.30. The van der Waals surface area contributed by atoms with Crippen LogP contribution in [0.4, 0.5) is 0 Å². The minimum Gasteiger partial charge on any atom is -0.477 e. The Morgan fingerprint density at radius 3 is 2.68 bits per heavy atom. The normalized spacial score (nSPS) is 12.0. The van der Waals surface area contributed by atoms with Crippen molar-refractivity contribution in [2.24, 2.45) is 0 Å². The summed E-state index contributed by atoms with van der Waals surface area (Å²) in [7, 11) is 0. The van der Waals surface area contributed by atoms with Gasteiger partial charge < -0.3 is 14.9 Å². The van der Waals surface area contributed by atoms with Gasteiger partial charge in [-0.3, -0.25) is 4.79 Å². The maximum Gasteiger partial charge on any atom is 0.354 e. The predicted octanol–water partition coefficient (Wildman–Crippen LogP) is 2.27. The van der Waals surface area contributed by atoms with Crippen molar-refractivity contribution in [3.8, 4) is 0 Å². The maximum absolute atomic E-state index is 12.3. The van der Waals surface area contributed by atoms with Crippen molar-refractivity contribution < 1.29 is 19.2 Å². The Balaban J connectivity index is 2.23. The molecule has 2 N–H and O–H groups in total. The molecule has 1 atom stereocenters. The number of carboxylic acids is 1. The Morgan fingerprint density at radius 1 is 1.41 bits per heavy atom. The molecule has 0 fully saturated rings. The molecule has 2 heterocycles. The van der Waals surface area contributed by atoms with Crippen LogP contribution in [0.3, 0.4) is 0 Å². The van der Waals surface area contributed by atoms with E-state index >= 15 is 0 Å². The molecule has 116 valence electrons. The van der Waals surface area contributed by atoms with Crippen molar-refractivity contribution in [2.75, 3.05) is 0 Å². The summed E-state index contributed by atoms with van der Waals surface area (Å²) in [6, 6.07) is 2.47. The molecule has 2 aromatic rings. The third kappa shape index (κ3) is 3.13. The number of nitrogens with one attached hydrogen (secondary N) is 1. The van der Waals surface area contributed by atoms with Gasteiger partial charge in [-0.05, 0) is 32.4 Å². The molecule has 2 aromatic heterocycles. The fraction of sp³-hybridized carbons (Fsp3) is 0.333. The summed E-state index contributed by atoms with van der Waals surface area (Å²) in [5.74, 6) is -0.880. The van der Waals surface area contributed by atoms with Crippen molar-refractivity contribution >= 4 is 11.9 Å². The topological polar surface area (TPSA) is 105 Å². The van der Waals surface area contributed by atoms with Gasteiger partial charge in [0.2, 0.25) is 0 Å². The summed E-state index contributed by atoms with van der Waals surface area (Å²) in [4.78, 5) is 26.9. The molecule has 0 radical (unpaired) electrons. The lowest BCUT2D eigenvalue weighted by Crippen LogP contribution is -2.29. The first-order valence-electron chi connectivity index (χ1n) is 6.87. The zero-order valence-electron chi connectivity index (χ0n) is 12.6. The summed E-state index contributed by atoms with van der Waals surface area (Å²) in [6.45, 7) is 5.54. The van der Waals surface area contributed by atoms with Gasteiger partial charge in [0, 0.05) is 17.3 Å². The number of rotatable bonds is 5. The molecule has 0 saturated carbocycles. The van der Waals surface area contributed by atoms with E-state index in [1.807, 2.05) is 13.8 Å². The highest BCUT2D eigenvalue weighted by molar-refractivity contribution is 5.96. The van der Waals surface area contributed by atoms with Gasteiger partial charge in [0.15, 0.2) is 0 Å². The van der Waals surface area contributed by atoms with Crippen LogP contribution in [0.5, 0.6) is 0 Å². The minimum atomic E-state index is -1.17. The van der Waals surface area contributed by atoms with Crippen LogP contribution < -0.4 is 5.32 Å². The van der Waals surface area contributed by atoms with Crippen LogP contribution in [-0.2, 0) is 0 Å². The molecule has 7 heteroatoms. The Morgan fingerprint density at radius 2 is 2.14 bits per heavy atom. The van der Waals surface area contributed by atoms with Crippen molar-refractivity contribution in [2.45, 2.75) is 33.2 Å². The van der Waals surface area contributed by atoms with Gasteiger partial charge in [-0.1, -0.05) is 12.1 Å². The van der Waals surface area contributed by atoms with E-state index in [9.17, 15) is 9.59 Å². The van der Waals surface area contributed by atoms with E-state index in [4.69, 9.17) is 9.63 Å². The third-order valence-corrected chi connectivity index (χ3v) is 3.39. The Labute approximate surface area is 127 Å². The van der Waals surface area contributed by atoms with Gasteiger partial charge in [0.05, 0.1) is 11.7 Å². The molecular formula is C15H17N3O4. The van der Waals surface area contributed by atoms with E-state index in [0.717, 1.165) is 11.3 Å². The number of hydrogen-bond acceptors (Lipinski definition) is 5. The molecule has 0 bridgehead atoms. The first-order chi connectivity index (χ1) is 10.4. The maximum atomic E-state index is 12.3. The monoisotopic (exact) mass is 303 g/mol. The summed E-state index contributed by atoms with van der Waals surface area (Å²) >= 11 is 0. The molecule has 0 aliphatic rings.